The molecule has 0 unspecified atom stereocenters. The largest absolute Gasteiger partial charge is 0.381 e. The lowest BCUT2D eigenvalue weighted by Gasteiger charge is -2.35. The van der Waals surface area contributed by atoms with Crippen molar-refractivity contribution in [2.45, 2.75) is 38.0 Å². The molecule has 2 heterocycles. The average Bonchev–Trinajstić information content (AvgIpc) is 2.97. The van der Waals surface area contributed by atoms with Crippen molar-refractivity contribution in [1.29, 1.82) is 0 Å². The number of nitrogens with zero attached hydrogens (tertiary/aromatic N) is 1. The maximum atomic E-state index is 11.9. The van der Waals surface area contributed by atoms with Crippen LogP contribution in [0.4, 0.5) is 0 Å². The number of amides is 1. The third-order valence-corrected chi connectivity index (χ3v) is 4.63. The van der Waals surface area contributed by atoms with E-state index in [-0.39, 0.29) is 18.1 Å². The first-order valence-electron chi connectivity index (χ1n) is 8.54. The van der Waals surface area contributed by atoms with E-state index in [0.29, 0.717) is 25.7 Å². The first kappa shape index (κ1) is 16.4. The van der Waals surface area contributed by atoms with Gasteiger partial charge in [0.05, 0.1) is 19.3 Å². The molecular formula is C18H26N2O3. The molecule has 0 radical (unpaired) electrons. The zero-order chi connectivity index (χ0) is 16.1. The van der Waals surface area contributed by atoms with Gasteiger partial charge < -0.3 is 14.8 Å². The fourth-order valence-corrected chi connectivity index (χ4v) is 3.46. The Morgan fingerprint density at radius 1 is 1.35 bits per heavy atom. The highest BCUT2D eigenvalue weighted by molar-refractivity contribution is 5.76. The fourth-order valence-electron chi connectivity index (χ4n) is 3.46. The van der Waals surface area contributed by atoms with Gasteiger partial charge in [-0.15, -0.1) is 0 Å². The van der Waals surface area contributed by atoms with Gasteiger partial charge in [-0.2, -0.15) is 0 Å². The summed E-state index contributed by atoms with van der Waals surface area (Å²) in [4.78, 5) is 14.4. The van der Waals surface area contributed by atoms with E-state index in [0.717, 1.165) is 26.1 Å². The predicted octanol–water partition coefficient (Wildman–Crippen LogP) is 1.74. The zero-order valence-corrected chi connectivity index (χ0v) is 13.7. The average molecular weight is 318 g/mol. The van der Waals surface area contributed by atoms with Crippen LogP contribution in [-0.4, -0.2) is 55.8 Å². The van der Waals surface area contributed by atoms with Gasteiger partial charge in [-0.3, -0.25) is 9.69 Å². The number of carbonyl (C=O) groups is 1. The number of carbonyl (C=O) groups excluding carboxylic acids is 1. The molecular weight excluding hydrogens is 292 g/mol. The number of hydrogen-bond donors (Lipinski definition) is 1. The number of fused-ring (bicyclic) bond motifs is 1. The number of ether oxygens (including phenoxy) is 2. The van der Waals surface area contributed by atoms with Crippen molar-refractivity contribution >= 4 is 5.91 Å². The van der Waals surface area contributed by atoms with E-state index in [4.69, 9.17) is 9.47 Å². The van der Waals surface area contributed by atoms with Crippen LogP contribution in [0.25, 0.3) is 0 Å². The van der Waals surface area contributed by atoms with Crippen LogP contribution >= 0.6 is 0 Å². The summed E-state index contributed by atoms with van der Waals surface area (Å²) in [6, 6.07) is 11.0. The summed E-state index contributed by atoms with van der Waals surface area (Å²) in [6.45, 7) is 5.66. The SMILES string of the molecule is CCOCCC(=O)N[C@@H]1C[C@H]2CO[C@@H](c3ccccc3)CN2C1. The molecule has 0 saturated carbocycles. The molecule has 23 heavy (non-hydrogen) atoms. The van der Waals surface area contributed by atoms with Crippen molar-refractivity contribution < 1.29 is 14.3 Å². The van der Waals surface area contributed by atoms with Crippen molar-refractivity contribution in [3.05, 3.63) is 35.9 Å². The van der Waals surface area contributed by atoms with E-state index >= 15 is 0 Å². The van der Waals surface area contributed by atoms with Crippen LogP contribution in [0.1, 0.15) is 31.4 Å². The summed E-state index contributed by atoms with van der Waals surface area (Å²) in [5.74, 6) is 0.0869. The van der Waals surface area contributed by atoms with Crippen molar-refractivity contribution in [2.75, 3.05) is 32.9 Å². The Morgan fingerprint density at radius 2 is 2.17 bits per heavy atom. The Hall–Kier alpha value is -1.43. The van der Waals surface area contributed by atoms with E-state index in [9.17, 15) is 4.79 Å². The van der Waals surface area contributed by atoms with Crippen LogP contribution in [-0.2, 0) is 14.3 Å². The molecule has 1 amide bonds. The van der Waals surface area contributed by atoms with E-state index in [1.807, 2.05) is 13.0 Å². The molecule has 1 aromatic carbocycles. The second-order valence-electron chi connectivity index (χ2n) is 6.29. The van der Waals surface area contributed by atoms with Crippen LogP contribution in [0.3, 0.4) is 0 Å². The topological polar surface area (TPSA) is 50.8 Å². The Balaban J connectivity index is 1.48. The number of morpholine rings is 1. The normalized spacial score (nSPS) is 27.6. The summed E-state index contributed by atoms with van der Waals surface area (Å²) in [6.07, 6.45) is 1.56. The molecule has 0 bridgehead atoms. The second kappa shape index (κ2) is 7.90. The van der Waals surface area contributed by atoms with Gasteiger partial charge in [0.2, 0.25) is 5.91 Å². The predicted molar refractivity (Wildman–Crippen MR) is 88.2 cm³/mol. The summed E-state index contributed by atoms with van der Waals surface area (Å²) in [5.41, 5.74) is 1.23. The molecule has 5 heteroatoms. The molecule has 2 aliphatic rings. The Kier molecular flexibility index (Phi) is 5.65. The first-order chi connectivity index (χ1) is 11.3. The third kappa shape index (κ3) is 4.31. The highest BCUT2D eigenvalue weighted by Gasteiger charge is 2.38. The summed E-state index contributed by atoms with van der Waals surface area (Å²) < 4.78 is 11.3. The van der Waals surface area contributed by atoms with E-state index in [1.54, 1.807) is 0 Å². The molecule has 3 rings (SSSR count). The maximum absolute atomic E-state index is 11.9. The molecule has 2 aliphatic heterocycles. The molecule has 1 N–H and O–H groups in total. The fraction of sp³-hybridized carbons (Fsp3) is 0.611. The van der Waals surface area contributed by atoms with Crippen LogP contribution < -0.4 is 5.32 Å². The highest BCUT2D eigenvalue weighted by atomic mass is 16.5. The smallest absolute Gasteiger partial charge is 0.222 e. The Bertz CT molecular complexity index is 508. The molecule has 126 valence electrons. The Labute approximate surface area is 137 Å². The number of benzene rings is 1. The summed E-state index contributed by atoms with van der Waals surface area (Å²) in [7, 11) is 0. The van der Waals surface area contributed by atoms with Crippen molar-refractivity contribution in [3.8, 4) is 0 Å². The van der Waals surface area contributed by atoms with E-state index in [2.05, 4.69) is 34.5 Å². The van der Waals surface area contributed by atoms with E-state index < -0.39 is 0 Å². The zero-order valence-electron chi connectivity index (χ0n) is 13.7. The lowest BCUT2D eigenvalue weighted by Crippen LogP contribution is -2.43. The third-order valence-electron chi connectivity index (χ3n) is 4.63. The lowest BCUT2D eigenvalue weighted by molar-refractivity contribution is -0.122. The molecule has 2 fully saturated rings. The quantitative estimate of drug-likeness (QED) is 0.812. The van der Waals surface area contributed by atoms with Gasteiger partial charge in [0.15, 0.2) is 0 Å². The minimum absolute atomic E-state index is 0.0869. The van der Waals surface area contributed by atoms with Gasteiger partial charge in [0.1, 0.15) is 0 Å². The van der Waals surface area contributed by atoms with Crippen LogP contribution in [0.15, 0.2) is 30.3 Å². The minimum Gasteiger partial charge on any atom is -0.381 e. The van der Waals surface area contributed by atoms with Gasteiger partial charge in [-0.1, -0.05) is 30.3 Å². The van der Waals surface area contributed by atoms with Gasteiger partial charge in [0, 0.05) is 38.2 Å². The van der Waals surface area contributed by atoms with Gasteiger partial charge in [-0.05, 0) is 18.9 Å². The lowest BCUT2D eigenvalue weighted by atomic mass is 10.1. The van der Waals surface area contributed by atoms with Gasteiger partial charge in [-0.25, -0.2) is 0 Å². The van der Waals surface area contributed by atoms with Crippen molar-refractivity contribution in [2.24, 2.45) is 0 Å². The number of nitrogens with one attached hydrogen (secondary N) is 1. The van der Waals surface area contributed by atoms with Crippen molar-refractivity contribution in [1.82, 2.24) is 10.2 Å². The van der Waals surface area contributed by atoms with Crippen molar-refractivity contribution in [3.63, 3.8) is 0 Å². The molecule has 2 saturated heterocycles. The molecule has 3 atom stereocenters. The molecule has 0 spiro atoms. The number of hydrogen-bond acceptors (Lipinski definition) is 4. The molecule has 0 aromatic heterocycles. The van der Waals surface area contributed by atoms with Gasteiger partial charge >= 0.3 is 0 Å². The van der Waals surface area contributed by atoms with E-state index in [1.165, 1.54) is 5.56 Å². The summed E-state index contributed by atoms with van der Waals surface area (Å²) in [5, 5.41) is 3.13. The monoisotopic (exact) mass is 318 g/mol. The molecule has 0 aliphatic carbocycles. The molecule has 1 aromatic rings. The standard InChI is InChI=1S/C18H26N2O3/c1-2-22-9-8-18(21)19-15-10-16-13-23-17(12-20(16)11-15)14-6-4-3-5-7-14/h3-7,15-17H,2,8-13H2,1H3,(H,19,21)/t15-,16+,17-/m1/s1. The Morgan fingerprint density at radius 3 is 2.96 bits per heavy atom. The summed E-state index contributed by atoms with van der Waals surface area (Å²) >= 11 is 0. The minimum atomic E-state index is 0.0869. The maximum Gasteiger partial charge on any atom is 0.222 e. The van der Waals surface area contributed by atoms with Crippen LogP contribution in [0.5, 0.6) is 0 Å². The second-order valence-corrected chi connectivity index (χ2v) is 6.29. The first-order valence-corrected chi connectivity index (χ1v) is 8.54. The highest BCUT2D eigenvalue weighted by Crippen LogP contribution is 2.30. The number of rotatable bonds is 6. The van der Waals surface area contributed by atoms with Crippen LogP contribution in [0, 0.1) is 0 Å². The van der Waals surface area contributed by atoms with Crippen LogP contribution in [0.2, 0.25) is 0 Å². The molecule has 5 nitrogen and oxygen atoms in total. The van der Waals surface area contributed by atoms with Gasteiger partial charge in [0.25, 0.3) is 0 Å².